The minimum Gasteiger partial charge on any atom is -0.383 e. The molecule has 0 spiro atoms. The summed E-state index contributed by atoms with van der Waals surface area (Å²) in [4.78, 5) is 2.46. The number of likely N-dealkylation sites (tertiary alicyclic amines) is 1. The van der Waals surface area contributed by atoms with Crippen molar-refractivity contribution in [2.45, 2.75) is 31.7 Å². The summed E-state index contributed by atoms with van der Waals surface area (Å²) < 4.78 is 5.29. The predicted octanol–water partition coefficient (Wildman–Crippen LogP) is 1.34. The SMILES string of the molecule is COCC(NCC1CCCN(C)C1)C1CC1. The molecule has 2 fully saturated rings. The molecule has 1 N–H and O–H groups in total. The minimum absolute atomic E-state index is 0.609. The average molecular weight is 226 g/mol. The molecule has 1 saturated carbocycles. The van der Waals surface area contributed by atoms with Crippen LogP contribution in [0.4, 0.5) is 0 Å². The Balaban J connectivity index is 1.67. The number of nitrogens with one attached hydrogen (secondary N) is 1. The fraction of sp³-hybridized carbons (Fsp3) is 1.00. The lowest BCUT2D eigenvalue weighted by Gasteiger charge is -2.31. The highest BCUT2D eigenvalue weighted by molar-refractivity contribution is 4.87. The summed E-state index contributed by atoms with van der Waals surface area (Å²) in [7, 11) is 4.05. The molecule has 3 heteroatoms. The summed E-state index contributed by atoms with van der Waals surface area (Å²) in [5.74, 6) is 1.73. The molecule has 1 aliphatic carbocycles. The van der Waals surface area contributed by atoms with Gasteiger partial charge in [0.15, 0.2) is 0 Å². The third kappa shape index (κ3) is 3.72. The summed E-state index contributed by atoms with van der Waals surface area (Å²) in [5, 5.41) is 3.72. The minimum atomic E-state index is 0.609. The van der Waals surface area contributed by atoms with Crippen molar-refractivity contribution in [1.29, 1.82) is 0 Å². The molecular formula is C13H26N2O. The molecule has 1 saturated heterocycles. The Morgan fingerprint density at radius 3 is 2.81 bits per heavy atom. The van der Waals surface area contributed by atoms with Crippen LogP contribution in [-0.2, 0) is 4.74 Å². The number of methoxy groups -OCH3 is 1. The highest BCUT2D eigenvalue weighted by atomic mass is 16.5. The van der Waals surface area contributed by atoms with Gasteiger partial charge in [-0.3, -0.25) is 0 Å². The van der Waals surface area contributed by atoms with Crippen LogP contribution in [0.2, 0.25) is 0 Å². The number of piperidine rings is 1. The van der Waals surface area contributed by atoms with Gasteiger partial charge in [-0.2, -0.15) is 0 Å². The summed E-state index contributed by atoms with van der Waals surface area (Å²) in [6, 6.07) is 0.609. The maximum absolute atomic E-state index is 5.29. The molecule has 2 rings (SSSR count). The molecule has 94 valence electrons. The molecule has 2 unspecified atom stereocenters. The van der Waals surface area contributed by atoms with Crippen molar-refractivity contribution >= 4 is 0 Å². The summed E-state index contributed by atoms with van der Waals surface area (Å²) in [5.41, 5.74) is 0. The maximum atomic E-state index is 5.29. The van der Waals surface area contributed by atoms with Crippen LogP contribution in [0.1, 0.15) is 25.7 Å². The number of rotatable bonds is 6. The fourth-order valence-corrected chi connectivity index (χ4v) is 2.80. The lowest BCUT2D eigenvalue weighted by molar-refractivity contribution is 0.146. The van der Waals surface area contributed by atoms with E-state index in [2.05, 4.69) is 17.3 Å². The average Bonchev–Trinajstić information content (AvgIpc) is 3.08. The molecular weight excluding hydrogens is 200 g/mol. The Labute approximate surface area is 99.5 Å². The topological polar surface area (TPSA) is 24.5 Å². The van der Waals surface area contributed by atoms with Gasteiger partial charge in [0.25, 0.3) is 0 Å². The van der Waals surface area contributed by atoms with E-state index in [1.807, 2.05) is 7.11 Å². The van der Waals surface area contributed by atoms with E-state index in [-0.39, 0.29) is 0 Å². The van der Waals surface area contributed by atoms with E-state index in [4.69, 9.17) is 4.74 Å². The van der Waals surface area contributed by atoms with E-state index < -0.39 is 0 Å². The first-order valence-corrected chi connectivity index (χ1v) is 6.70. The van der Waals surface area contributed by atoms with E-state index in [0.29, 0.717) is 6.04 Å². The Kier molecular flexibility index (Phi) is 4.62. The van der Waals surface area contributed by atoms with E-state index in [9.17, 15) is 0 Å². The molecule has 3 nitrogen and oxygen atoms in total. The van der Waals surface area contributed by atoms with Crippen LogP contribution >= 0.6 is 0 Å². The first-order chi connectivity index (χ1) is 7.79. The Morgan fingerprint density at radius 2 is 2.19 bits per heavy atom. The van der Waals surface area contributed by atoms with Crippen LogP contribution < -0.4 is 5.32 Å². The molecule has 0 amide bonds. The normalized spacial score (nSPS) is 29.2. The van der Waals surface area contributed by atoms with Crippen molar-refractivity contribution in [2.75, 3.05) is 40.4 Å². The zero-order valence-electron chi connectivity index (χ0n) is 10.7. The van der Waals surface area contributed by atoms with Crippen molar-refractivity contribution in [2.24, 2.45) is 11.8 Å². The maximum Gasteiger partial charge on any atom is 0.0618 e. The highest BCUT2D eigenvalue weighted by Crippen LogP contribution is 2.32. The van der Waals surface area contributed by atoms with Gasteiger partial charge in [0, 0.05) is 19.7 Å². The quantitative estimate of drug-likeness (QED) is 0.740. The second kappa shape index (κ2) is 5.99. The van der Waals surface area contributed by atoms with Gasteiger partial charge in [0.2, 0.25) is 0 Å². The second-order valence-electron chi connectivity index (χ2n) is 5.58. The molecule has 0 aromatic rings. The van der Waals surface area contributed by atoms with Crippen molar-refractivity contribution in [3.63, 3.8) is 0 Å². The monoisotopic (exact) mass is 226 g/mol. The van der Waals surface area contributed by atoms with Gasteiger partial charge >= 0.3 is 0 Å². The van der Waals surface area contributed by atoms with Crippen molar-refractivity contribution in [3.05, 3.63) is 0 Å². The molecule has 1 aliphatic heterocycles. The summed E-state index contributed by atoms with van der Waals surface area (Å²) >= 11 is 0. The van der Waals surface area contributed by atoms with Gasteiger partial charge in [-0.05, 0) is 57.7 Å². The smallest absolute Gasteiger partial charge is 0.0618 e. The van der Waals surface area contributed by atoms with Crippen LogP contribution in [0, 0.1) is 11.8 Å². The van der Waals surface area contributed by atoms with Gasteiger partial charge in [0.05, 0.1) is 6.61 Å². The van der Waals surface area contributed by atoms with Gasteiger partial charge in [-0.25, -0.2) is 0 Å². The summed E-state index contributed by atoms with van der Waals surface area (Å²) in [6.45, 7) is 4.60. The van der Waals surface area contributed by atoms with Gasteiger partial charge in [-0.1, -0.05) is 0 Å². The number of hydrogen-bond acceptors (Lipinski definition) is 3. The van der Waals surface area contributed by atoms with Crippen molar-refractivity contribution < 1.29 is 4.74 Å². The molecule has 2 aliphatic rings. The lowest BCUT2D eigenvalue weighted by Crippen LogP contribution is -2.42. The van der Waals surface area contributed by atoms with E-state index in [0.717, 1.165) is 18.4 Å². The van der Waals surface area contributed by atoms with Gasteiger partial charge in [0.1, 0.15) is 0 Å². The molecule has 0 aromatic carbocycles. The summed E-state index contributed by atoms with van der Waals surface area (Å²) in [6.07, 6.45) is 5.54. The molecule has 2 atom stereocenters. The third-order valence-electron chi connectivity index (χ3n) is 3.93. The van der Waals surface area contributed by atoms with Crippen LogP contribution in [0.25, 0.3) is 0 Å². The first kappa shape index (κ1) is 12.3. The molecule has 1 heterocycles. The number of hydrogen-bond donors (Lipinski definition) is 1. The standard InChI is InChI=1S/C13H26N2O/c1-15-7-3-4-11(9-15)8-14-13(10-16-2)12-5-6-12/h11-14H,3-10H2,1-2H3. The second-order valence-corrected chi connectivity index (χ2v) is 5.58. The van der Waals surface area contributed by atoms with Gasteiger partial charge in [-0.15, -0.1) is 0 Å². The van der Waals surface area contributed by atoms with Gasteiger partial charge < -0.3 is 15.0 Å². The number of nitrogens with zero attached hydrogens (tertiary/aromatic N) is 1. The molecule has 0 aromatic heterocycles. The van der Waals surface area contributed by atoms with Crippen molar-refractivity contribution in [1.82, 2.24) is 10.2 Å². The van der Waals surface area contributed by atoms with E-state index >= 15 is 0 Å². The van der Waals surface area contributed by atoms with Crippen molar-refractivity contribution in [3.8, 4) is 0 Å². The Hall–Kier alpha value is -0.120. The Bertz CT molecular complexity index is 206. The molecule has 0 radical (unpaired) electrons. The van der Waals surface area contributed by atoms with Crippen LogP contribution in [0.15, 0.2) is 0 Å². The van der Waals surface area contributed by atoms with E-state index in [1.165, 1.54) is 45.3 Å². The number of ether oxygens (including phenoxy) is 1. The Morgan fingerprint density at radius 1 is 1.38 bits per heavy atom. The highest BCUT2D eigenvalue weighted by Gasteiger charge is 2.31. The zero-order valence-corrected chi connectivity index (χ0v) is 10.7. The lowest BCUT2D eigenvalue weighted by atomic mass is 9.98. The third-order valence-corrected chi connectivity index (χ3v) is 3.93. The molecule has 16 heavy (non-hydrogen) atoms. The molecule has 0 bridgehead atoms. The fourth-order valence-electron chi connectivity index (χ4n) is 2.80. The largest absolute Gasteiger partial charge is 0.383 e. The predicted molar refractivity (Wildman–Crippen MR) is 66.6 cm³/mol. The van der Waals surface area contributed by atoms with Crippen LogP contribution in [0.5, 0.6) is 0 Å². The first-order valence-electron chi connectivity index (χ1n) is 6.70. The van der Waals surface area contributed by atoms with Crippen LogP contribution in [-0.4, -0.2) is 51.3 Å². The zero-order chi connectivity index (χ0) is 11.4. The van der Waals surface area contributed by atoms with E-state index in [1.54, 1.807) is 0 Å². The van der Waals surface area contributed by atoms with Crippen LogP contribution in [0.3, 0.4) is 0 Å².